The van der Waals surface area contributed by atoms with Crippen molar-refractivity contribution in [2.45, 2.75) is 5.54 Å². The van der Waals surface area contributed by atoms with E-state index in [0.717, 1.165) is 16.8 Å². The summed E-state index contributed by atoms with van der Waals surface area (Å²) in [5, 5.41) is 13.6. The highest BCUT2D eigenvalue weighted by Gasteiger charge is 2.56. The molecule has 10 heteroatoms. The highest BCUT2D eigenvalue weighted by atomic mass is 16.6. The van der Waals surface area contributed by atoms with Gasteiger partial charge >= 0.3 is 11.7 Å². The Morgan fingerprint density at radius 3 is 1.83 bits per heavy atom. The van der Waals surface area contributed by atoms with Crippen LogP contribution in [0.15, 0.2) is 78.9 Å². The van der Waals surface area contributed by atoms with Gasteiger partial charge in [-0.3, -0.25) is 25.1 Å². The van der Waals surface area contributed by atoms with Crippen LogP contribution >= 0.6 is 0 Å². The largest absolute Gasteiger partial charge is 0.369 e. The summed E-state index contributed by atoms with van der Waals surface area (Å²) in [7, 11) is 0. The summed E-state index contributed by atoms with van der Waals surface area (Å²) in [4.78, 5) is 53.3. The lowest BCUT2D eigenvalue weighted by Gasteiger charge is -2.47. The molecule has 3 aromatic rings. The molecule has 0 aliphatic carbocycles. The topological polar surface area (TPSA) is 122 Å². The van der Waals surface area contributed by atoms with Crippen molar-refractivity contribution in [1.82, 2.24) is 15.5 Å². The molecule has 0 saturated carbocycles. The number of hydrogen-bond donors (Lipinski definition) is 3. The Kier molecular flexibility index (Phi) is 5.95. The molecule has 2 saturated heterocycles. The molecule has 2 heterocycles. The van der Waals surface area contributed by atoms with Gasteiger partial charge in [0.2, 0.25) is 5.54 Å². The van der Waals surface area contributed by atoms with Crippen LogP contribution < -0.4 is 15.5 Å². The number of nitrogens with zero attached hydrogens (tertiary/aromatic N) is 3. The van der Waals surface area contributed by atoms with Crippen LogP contribution in [0.2, 0.25) is 0 Å². The molecule has 36 heavy (non-hydrogen) atoms. The molecule has 0 spiro atoms. The molecule has 2 aliphatic heterocycles. The second-order valence-electron chi connectivity index (χ2n) is 8.65. The Bertz CT molecular complexity index is 1300. The number of carbonyl (C=O) groups excluding carboxylic acids is 3. The number of nitrogens with one attached hydrogen (secondary N) is 2. The fraction of sp³-hybridized carbons (Fsp3) is 0.192. The lowest BCUT2D eigenvalue weighted by molar-refractivity contribution is -0.729. The number of imide groups is 2. The van der Waals surface area contributed by atoms with Crippen molar-refractivity contribution in [2.24, 2.45) is 0 Å². The highest BCUT2D eigenvalue weighted by molar-refractivity contribution is 6.22. The average molecular weight is 487 g/mol. The normalized spacial score (nSPS) is 17.9. The van der Waals surface area contributed by atoms with Crippen LogP contribution in [0.5, 0.6) is 0 Å². The Labute approximate surface area is 206 Å². The Morgan fingerprint density at radius 1 is 0.722 bits per heavy atom. The minimum Gasteiger partial charge on any atom is -0.369 e. The van der Waals surface area contributed by atoms with Crippen LogP contribution in [0.25, 0.3) is 11.1 Å². The number of anilines is 1. The van der Waals surface area contributed by atoms with Crippen molar-refractivity contribution in [2.75, 3.05) is 31.1 Å². The smallest absolute Gasteiger partial charge is 0.328 e. The predicted molar refractivity (Wildman–Crippen MR) is 131 cm³/mol. The monoisotopic (exact) mass is 486 g/mol. The minimum atomic E-state index is -1.70. The molecule has 0 unspecified atom stereocenters. The predicted octanol–water partition coefficient (Wildman–Crippen LogP) is 2.54. The zero-order valence-corrected chi connectivity index (χ0v) is 19.3. The Balaban J connectivity index is 1.44. The zero-order valence-electron chi connectivity index (χ0n) is 19.3. The van der Waals surface area contributed by atoms with E-state index in [4.69, 9.17) is 5.21 Å². The van der Waals surface area contributed by atoms with E-state index in [1.54, 1.807) is 29.2 Å². The molecule has 10 nitrogen and oxygen atoms in total. The molecule has 5 rings (SSSR count). The molecule has 2 fully saturated rings. The standard InChI is InChI=1S/C26H23N5O5/c32-23-26(24(33)28-25(34)27-23,20-8-6-19(7-9-20)18-4-2-1-3-5-18)30-16-14-29(15-17-30)21-10-12-22(13-11-21)31(35)36/h1-13H,14-17H2,(H2-,27,28,32,33,34,35,36)/p+1. The summed E-state index contributed by atoms with van der Waals surface area (Å²) in [5.41, 5.74) is 1.69. The van der Waals surface area contributed by atoms with E-state index in [0.29, 0.717) is 31.7 Å². The maximum atomic E-state index is 13.3. The number of barbiturate groups is 1. The number of hydrogen-bond acceptors (Lipinski definition) is 6. The summed E-state index contributed by atoms with van der Waals surface area (Å²) in [5.74, 6) is -1.36. The van der Waals surface area contributed by atoms with E-state index in [1.807, 2.05) is 42.5 Å². The van der Waals surface area contributed by atoms with Gasteiger partial charge in [-0.15, -0.1) is 0 Å². The molecule has 0 aromatic heterocycles. The number of carbonyl (C=O) groups is 3. The van der Waals surface area contributed by atoms with E-state index in [9.17, 15) is 19.3 Å². The molecule has 0 bridgehead atoms. The first kappa shape index (κ1) is 23.2. The van der Waals surface area contributed by atoms with Crippen LogP contribution in [-0.4, -0.2) is 59.1 Å². The Hall–Kier alpha value is -4.57. The van der Waals surface area contributed by atoms with Crippen molar-refractivity contribution < 1.29 is 24.5 Å². The second kappa shape index (κ2) is 9.23. The number of piperazine rings is 1. The third-order valence-corrected chi connectivity index (χ3v) is 6.71. The summed E-state index contributed by atoms with van der Waals surface area (Å²) in [6, 6.07) is 22.6. The lowest BCUT2D eigenvalue weighted by atomic mass is 9.83. The van der Waals surface area contributed by atoms with E-state index in [-0.39, 0.29) is 10.6 Å². The third kappa shape index (κ3) is 3.97. The molecular weight excluding hydrogens is 462 g/mol. The van der Waals surface area contributed by atoms with Gasteiger partial charge in [0.15, 0.2) is 0 Å². The van der Waals surface area contributed by atoms with E-state index < -0.39 is 23.4 Å². The fourth-order valence-corrected chi connectivity index (χ4v) is 4.88. The maximum Gasteiger partial charge on any atom is 0.328 e. The molecular formula is C26H24N5O5+. The first-order chi connectivity index (χ1) is 17.4. The van der Waals surface area contributed by atoms with Crippen LogP contribution in [0.3, 0.4) is 0 Å². The molecule has 0 radical (unpaired) electrons. The summed E-state index contributed by atoms with van der Waals surface area (Å²) in [6.45, 7) is 1.73. The summed E-state index contributed by atoms with van der Waals surface area (Å²) in [6.07, 6.45) is 0. The second-order valence-corrected chi connectivity index (χ2v) is 8.65. The van der Waals surface area contributed by atoms with Gasteiger partial charge < -0.3 is 4.90 Å². The number of amides is 4. The first-order valence-electron chi connectivity index (χ1n) is 11.5. The fourth-order valence-electron chi connectivity index (χ4n) is 4.88. The molecule has 3 aromatic carbocycles. The van der Waals surface area contributed by atoms with Crippen molar-refractivity contribution in [3.8, 4) is 11.1 Å². The van der Waals surface area contributed by atoms with Crippen molar-refractivity contribution in [3.63, 3.8) is 0 Å². The maximum absolute atomic E-state index is 13.3. The number of benzene rings is 3. The van der Waals surface area contributed by atoms with Gasteiger partial charge in [0.25, 0.3) is 16.7 Å². The molecule has 0 atom stereocenters. The van der Waals surface area contributed by atoms with Crippen molar-refractivity contribution in [1.29, 1.82) is 0 Å². The van der Waals surface area contributed by atoms with Crippen molar-refractivity contribution >= 4 is 29.2 Å². The molecule has 2 aliphatic rings. The van der Waals surface area contributed by atoms with Gasteiger partial charge in [-0.2, -0.15) is 0 Å². The van der Waals surface area contributed by atoms with E-state index in [2.05, 4.69) is 15.5 Å². The van der Waals surface area contributed by atoms with Gasteiger partial charge in [0, 0.05) is 44.0 Å². The van der Waals surface area contributed by atoms with Crippen LogP contribution in [0, 0.1) is 4.91 Å². The van der Waals surface area contributed by atoms with Gasteiger partial charge in [0.1, 0.15) is 0 Å². The lowest BCUT2D eigenvalue weighted by Crippen LogP contribution is -2.73. The molecule has 4 amide bonds. The summed E-state index contributed by atoms with van der Waals surface area (Å²) >= 11 is 0. The highest BCUT2D eigenvalue weighted by Crippen LogP contribution is 2.34. The van der Waals surface area contributed by atoms with E-state index >= 15 is 0 Å². The van der Waals surface area contributed by atoms with Gasteiger partial charge in [-0.1, -0.05) is 54.6 Å². The third-order valence-electron chi connectivity index (χ3n) is 6.71. The van der Waals surface area contributed by atoms with E-state index in [1.165, 1.54) is 12.1 Å². The van der Waals surface area contributed by atoms with Gasteiger partial charge in [-0.05, 0) is 28.8 Å². The van der Waals surface area contributed by atoms with Crippen molar-refractivity contribution in [3.05, 3.63) is 89.3 Å². The summed E-state index contributed by atoms with van der Waals surface area (Å²) < 4.78 is 0. The number of urea groups is 1. The van der Waals surface area contributed by atoms with Gasteiger partial charge in [0.05, 0.1) is 4.91 Å². The van der Waals surface area contributed by atoms with Gasteiger partial charge in [-0.25, -0.2) is 10.0 Å². The minimum absolute atomic E-state index is 0.121. The number of rotatable bonds is 5. The quantitative estimate of drug-likeness (QED) is 0.374. The van der Waals surface area contributed by atoms with Crippen LogP contribution in [-0.2, 0) is 15.1 Å². The molecule has 3 N–H and O–H groups in total. The van der Waals surface area contributed by atoms with Crippen LogP contribution in [0.4, 0.5) is 16.2 Å². The SMILES string of the molecule is O=C1NC(=O)C(c2ccc(-c3ccccc3)cc2)(N2CCN(c3ccc([N+](=O)O)cc3)CC2)C(=O)N1. The first-order valence-corrected chi connectivity index (χ1v) is 11.5. The zero-order chi connectivity index (χ0) is 25.3. The van der Waals surface area contributed by atoms with Crippen LogP contribution in [0.1, 0.15) is 5.56 Å². The molecule has 182 valence electrons. The Morgan fingerprint density at radius 2 is 1.28 bits per heavy atom. The average Bonchev–Trinajstić information content (AvgIpc) is 2.90.